The molecule has 0 radical (unpaired) electrons. The number of carbonyl (C=O) groups is 4. The van der Waals surface area contributed by atoms with E-state index in [9.17, 15) is 19.2 Å². The Labute approximate surface area is 252 Å². The van der Waals surface area contributed by atoms with E-state index in [-0.39, 0.29) is 31.6 Å². The third-order valence-corrected chi connectivity index (χ3v) is 7.40. The first-order chi connectivity index (χ1) is 20.3. The van der Waals surface area contributed by atoms with Crippen molar-refractivity contribution in [1.29, 1.82) is 0 Å². The van der Waals surface area contributed by atoms with Crippen molar-refractivity contribution < 1.29 is 28.7 Å². The average Bonchev–Trinajstić information content (AvgIpc) is 3.26. The van der Waals surface area contributed by atoms with Gasteiger partial charge in [0, 0.05) is 19.5 Å². The van der Waals surface area contributed by atoms with Crippen LogP contribution in [0.25, 0.3) is 0 Å². The number of hydrogen-bond donors (Lipinski definition) is 3. The van der Waals surface area contributed by atoms with Gasteiger partial charge in [-0.1, -0.05) is 60.7 Å². The van der Waals surface area contributed by atoms with Crippen molar-refractivity contribution >= 4 is 29.5 Å². The van der Waals surface area contributed by atoms with E-state index >= 15 is 0 Å². The van der Waals surface area contributed by atoms with Crippen molar-refractivity contribution in [2.45, 2.75) is 71.2 Å². The second-order valence-electron chi connectivity index (χ2n) is 12.5. The Morgan fingerprint density at radius 3 is 2.26 bits per heavy atom. The Balaban J connectivity index is 1.52. The fourth-order valence-electron chi connectivity index (χ4n) is 5.16. The molecule has 11 heteroatoms. The van der Waals surface area contributed by atoms with Gasteiger partial charge in [0.15, 0.2) is 0 Å². The van der Waals surface area contributed by atoms with Crippen LogP contribution in [0.2, 0.25) is 0 Å². The lowest BCUT2D eigenvalue weighted by Gasteiger charge is -2.40. The third kappa shape index (κ3) is 7.98. The van der Waals surface area contributed by atoms with Gasteiger partial charge in [-0.2, -0.15) is 5.10 Å². The van der Waals surface area contributed by atoms with E-state index < -0.39 is 34.6 Å². The van der Waals surface area contributed by atoms with Crippen molar-refractivity contribution in [3.63, 3.8) is 0 Å². The molecule has 2 atom stereocenters. The van der Waals surface area contributed by atoms with Crippen LogP contribution in [-0.2, 0) is 36.9 Å². The lowest BCUT2D eigenvalue weighted by atomic mass is 9.73. The van der Waals surface area contributed by atoms with Crippen molar-refractivity contribution in [3.05, 3.63) is 71.8 Å². The quantitative estimate of drug-likeness (QED) is 0.389. The molecule has 2 heterocycles. The highest BCUT2D eigenvalue weighted by Gasteiger charge is 2.52. The fourth-order valence-corrected chi connectivity index (χ4v) is 5.16. The van der Waals surface area contributed by atoms with Crippen LogP contribution < -0.4 is 16.1 Å². The maximum Gasteiger partial charge on any atom is 0.408 e. The lowest BCUT2D eigenvalue weighted by Crippen LogP contribution is -2.63. The number of fused-ring (bicyclic) bond motifs is 1. The molecule has 0 aromatic heterocycles. The summed E-state index contributed by atoms with van der Waals surface area (Å²) in [5.41, 5.74) is 2.04. The highest BCUT2D eigenvalue weighted by Crippen LogP contribution is 2.35. The number of piperidine rings is 1. The molecule has 1 fully saturated rings. The second kappa shape index (κ2) is 12.9. The van der Waals surface area contributed by atoms with Gasteiger partial charge in [0.05, 0.1) is 18.9 Å². The number of nitrogens with one attached hydrogen (secondary N) is 3. The number of amides is 4. The van der Waals surface area contributed by atoms with Crippen LogP contribution in [-0.4, -0.2) is 71.3 Å². The van der Waals surface area contributed by atoms with Crippen LogP contribution in [0.15, 0.2) is 65.8 Å². The average molecular weight is 592 g/mol. The molecule has 11 nitrogen and oxygen atoms in total. The molecular weight excluding hydrogens is 550 g/mol. The molecule has 2 aliphatic heterocycles. The minimum atomic E-state index is -1.40. The summed E-state index contributed by atoms with van der Waals surface area (Å²) in [5, 5.41) is 9.66. The predicted molar refractivity (Wildman–Crippen MR) is 161 cm³/mol. The molecule has 3 N–H and O–H groups in total. The molecule has 1 saturated heterocycles. The van der Waals surface area contributed by atoms with Crippen molar-refractivity contribution in [2.24, 2.45) is 10.5 Å². The van der Waals surface area contributed by atoms with Crippen molar-refractivity contribution in [1.82, 2.24) is 21.0 Å². The summed E-state index contributed by atoms with van der Waals surface area (Å²) in [5.74, 6) is -1.23. The molecule has 2 aliphatic rings. The Hall–Kier alpha value is -4.25. The molecule has 0 bridgehead atoms. The van der Waals surface area contributed by atoms with E-state index in [1.54, 1.807) is 25.7 Å². The Kier molecular flexibility index (Phi) is 9.54. The monoisotopic (exact) mass is 591 g/mol. The smallest absolute Gasteiger partial charge is 0.408 e. The summed E-state index contributed by atoms with van der Waals surface area (Å²) in [7, 11) is 0. The zero-order chi connectivity index (χ0) is 31.3. The molecule has 2 aromatic carbocycles. The normalized spacial score (nSPS) is 19.0. The number of benzene rings is 2. The van der Waals surface area contributed by atoms with E-state index in [2.05, 4.69) is 21.2 Å². The number of alkyl carbamates (subject to hydrolysis) is 1. The van der Waals surface area contributed by atoms with E-state index in [0.717, 1.165) is 11.1 Å². The molecule has 2 unspecified atom stereocenters. The SMILES string of the molecule is CC(C)(C)OC(=O)NC(C)(C)C(=O)NC(COCc1ccccc1)C(=O)N1CCC2=NNC(=O)C2(Cc2ccccc2)C1. The topological polar surface area (TPSA) is 138 Å². The first-order valence-corrected chi connectivity index (χ1v) is 14.4. The summed E-state index contributed by atoms with van der Waals surface area (Å²) in [4.78, 5) is 54.7. The van der Waals surface area contributed by atoms with Crippen LogP contribution in [0.4, 0.5) is 4.79 Å². The summed E-state index contributed by atoms with van der Waals surface area (Å²) in [6, 6.07) is 18.0. The molecule has 2 aromatic rings. The van der Waals surface area contributed by atoms with Crippen molar-refractivity contribution in [3.8, 4) is 0 Å². The van der Waals surface area contributed by atoms with Gasteiger partial charge in [-0.05, 0) is 52.2 Å². The van der Waals surface area contributed by atoms with Crippen LogP contribution in [0, 0.1) is 5.41 Å². The van der Waals surface area contributed by atoms with Gasteiger partial charge in [0.25, 0.3) is 5.91 Å². The lowest BCUT2D eigenvalue weighted by molar-refractivity contribution is -0.142. The van der Waals surface area contributed by atoms with Gasteiger partial charge in [0.1, 0.15) is 22.6 Å². The number of carbonyl (C=O) groups excluding carboxylic acids is 4. The number of hydrogen-bond acceptors (Lipinski definition) is 7. The summed E-state index contributed by atoms with van der Waals surface area (Å²) >= 11 is 0. The molecule has 0 spiro atoms. The summed E-state index contributed by atoms with van der Waals surface area (Å²) in [6.45, 7) is 8.78. The largest absolute Gasteiger partial charge is 0.444 e. The maximum atomic E-state index is 14.1. The maximum absolute atomic E-state index is 14.1. The molecule has 43 heavy (non-hydrogen) atoms. The van der Waals surface area contributed by atoms with Gasteiger partial charge >= 0.3 is 6.09 Å². The van der Waals surface area contributed by atoms with Crippen LogP contribution in [0.5, 0.6) is 0 Å². The minimum absolute atomic E-state index is 0.107. The first-order valence-electron chi connectivity index (χ1n) is 14.4. The van der Waals surface area contributed by atoms with Gasteiger partial charge in [-0.3, -0.25) is 14.4 Å². The van der Waals surface area contributed by atoms with E-state index in [0.29, 0.717) is 25.1 Å². The standard InChI is InChI=1S/C32H41N5O6/c1-30(2,3)43-29(41)34-31(4,5)27(39)33-24(20-42-19-23-14-10-7-11-15-23)26(38)37-17-16-25-32(21-37,28(40)36-35-25)18-22-12-8-6-9-13-22/h6-15,24H,16-21H2,1-5H3,(H,33,39)(H,34,41)(H,36,40). The first kappa shape index (κ1) is 31.7. The number of nitrogens with zero attached hydrogens (tertiary/aromatic N) is 2. The molecule has 4 rings (SSSR count). The number of hydrazone groups is 1. The predicted octanol–water partition coefficient (Wildman–Crippen LogP) is 2.94. The number of ether oxygens (including phenoxy) is 2. The highest BCUT2D eigenvalue weighted by atomic mass is 16.6. The summed E-state index contributed by atoms with van der Waals surface area (Å²) < 4.78 is 11.2. The van der Waals surface area contributed by atoms with Gasteiger partial charge < -0.3 is 25.0 Å². The van der Waals surface area contributed by atoms with E-state index in [1.165, 1.54) is 13.8 Å². The number of rotatable bonds is 10. The second-order valence-corrected chi connectivity index (χ2v) is 12.5. The van der Waals surface area contributed by atoms with E-state index in [1.807, 2.05) is 60.7 Å². The molecule has 4 amide bonds. The van der Waals surface area contributed by atoms with Crippen LogP contribution in [0.1, 0.15) is 52.2 Å². The highest BCUT2D eigenvalue weighted by molar-refractivity contribution is 6.13. The zero-order valence-corrected chi connectivity index (χ0v) is 25.4. The fraction of sp³-hybridized carbons (Fsp3) is 0.469. The Morgan fingerprint density at radius 2 is 1.63 bits per heavy atom. The van der Waals surface area contributed by atoms with Gasteiger partial charge in [0.2, 0.25) is 11.8 Å². The van der Waals surface area contributed by atoms with Crippen LogP contribution in [0.3, 0.4) is 0 Å². The zero-order valence-electron chi connectivity index (χ0n) is 25.4. The van der Waals surface area contributed by atoms with Crippen molar-refractivity contribution in [2.75, 3.05) is 19.7 Å². The third-order valence-electron chi connectivity index (χ3n) is 7.40. The minimum Gasteiger partial charge on any atom is -0.444 e. The summed E-state index contributed by atoms with van der Waals surface area (Å²) in [6.07, 6.45) is 0.0411. The Bertz CT molecular complexity index is 1360. The van der Waals surface area contributed by atoms with Crippen LogP contribution >= 0.6 is 0 Å². The Morgan fingerprint density at radius 1 is 1.00 bits per heavy atom. The van der Waals surface area contributed by atoms with Gasteiger partial charge in [-0.25, -0.2) is 10.2 Å². The van der Waals surface area contributed by atoms with Gasteiger partial charge in [-0.15, -0.1) is 0 Å². The molecule has 0 aliphatic carbocycles. The van der Waals surface area contributed by atoms with E-state index in [4.69, 9.17) is 9.47 Å². The number of likely N-dealkylation sites (tertiary alicyclic amines) is 1. The molecule has 230 valence electrons. The molecular formula is C32H41N5O6. The molecule has 0 saturated carbocycles.